The predicted octanol–water partition coefficient (Wildman–Crippen LogP) is 2.65. The first-order valence-electron chi connectivity index (χ1n) is 4.98. The van der Waals surface area contributed by atoms with Crippen LogP contribution < -0.4 is 5.56 Å². The first-order valence-corrected chi connectivity index (χ1v) is 4.98. The molecule has 0 atom stereocenters. The lowest BCUT2D eigenvalue weighted by molar-refractivity contribution is -0.143. The number of aromatic amines is 1. The van der Waals surface area contributed by atoms with Crippen molar-refractivity contribution in [1.29, 1.82) is 0 Å². The molecule has 0 aromatic carbocycles. The van der Waals surface area contributed by atoms with Gasteiger partial charge >= 0.3 is 6.18 Å². The molecule has 0 fully saturated rings. The van der Waals surface area contributed by atoms with Gasteiger partial charge in [-0.1, -0.05) is 0 Å². The summed E-state index contributed by atoms with van der Waals surface area (Å²) >= 11 is 0. The fourth-order valence-corrected chi connectivity index (χ4v) is 1.65. The number of fused-ring (bicyclic) bond motifs is 1. The number of aryl methyl sites for hydroxylation is 1. The molecule has 0 saturated carbocycles. The molecule has 0 saturated heterocycles. The highest BCUT2D eigenvalue weighted by atomic mass is 19.4. The van der Waals surface area contributed by atoms with Gasteiger partial charge in [0.1, 0.15) is 5.82 Å². The Balaban J connectivity index is 2.89. The molecule has 0 aromatic rings. The third kappa shape index (κ3) is 1.85. The van der Waals surface area contributed by atoms with Crippen molar-refractivity contribution in [2.24, 2.45) is 0 Å². The van der Waals surface area contributed by atoms with E-state index in [0.717, 1.165) is 0 Å². The minimum absolute atomic E-state index is 0.164. The van der Waals surface area contributed by atoms with Crippen LogP contribution in [-0.4, -0.2) is 9.97 Å². The fraction of sp³-hybridized carbons (Fsp3) is 0.273. The zero-order valence-corrected chi connectivity index (χ0v) is 9.44. The average Bonchev–Trinajstić information content (AvgIpc) is 2.25. The van der Waals surface area contributed by atoms with E-state index in [1.807, 2.05) is 4.98 Å². The maximum atomic E-state index is 13.6. The van der Waals surface area contributed by atoms with Crippen molar-refractivity contribution in [2.75, 3.05) is 0 Å². The van der Waals surface area contributed by atoms with E-state index < -0.39 is 23.2 Å². The second-order valence-electron chi connectivity index (χ2n) is 3.94. The molecule has 3 nitrogen and oxygen atoms in total. The lowest BCUT2D eigenvalue weighted by atomic mass is 10.0. The topological polar surface area (TPSA) is 45.8 Å². The van der Waals surface area contributed by atoms with E-state index in [1.165, 1.54) is 19.9 Å². The average molecular weight is 260 g/mol. The fourth-order valence-electron chi connectivity index (χ4n) is 1.65. The summed E-state index contributed by atoms with van der Waals surface area (Å²) in [5, 5.41) is 0. The molecule has 0 unspecified atom stereocenters. The molecule has 2 heterocycles. The number of nitrogens with zero attached hydrogens (tertiary/aromatic N) is 1. The smallest absolute Gasteiger partial charge is 0.333 e. The summed E-state index contributed by atoms with van der Waals surface area (Å²) < 4.78 is 51.3. The summed E-state index contributed by atoms with van der Waals surface area (Å²) in [6, 6.07) is 1.32. The van der Waals surface area contributed by atoms with Gasteiger partial charge in [0.15, 0.2) is 11.5 Å². The minimum atomic E-state index is -4.86. The van der Waals surface area contributed by atoms with Gasteiger partial charge in [-0.2, -0.15) is 18.2 Å². The van der Waals surface area contributed by atoms with Gasteiger partial charge in [0.25, 0.3) is 5.56 Å². The number of aromatic nitrogens is 2. The molecule has 0 aliphatic carbocycles. The Bertz CT molecular complexity index is 645. The number of H-pyrrole nitrogens is 1. The predicted molar refractivity (Wildman–Crippen MR) is 55.9 cm³/mol. The zero-order chi connectivity index (χ0) is 13.7. The molecule has 1 N–H and O–H groups in total. The monoisotopic (exact) mass is 260 g/mol. The van der Waals surface area contributed by atoms with Crippen molar-refractivity contribution in [3.63, 3.8) is 0 Å². The quantitative estimate of drug-likeness (QED) is 0.740. The maximum Gasteiger partial charge on any atom is 0.434 e. The van der Waals surface area contributed by atoms with E-state index in [9.17, 15) is 22.4 Å². The largest absolute Gasteiger partial charge is 0.434 e. The number of hydrogen-bond acceptors (Lipinski definition) is 2. The number of nitrogens with one attached hydrogen (secondary N) is 1. The van der Waals surface area contributed by atoms with Gasteiger partial charge in [0.2, 0.25) is 0 Å². The molecular weight excluding hydrogens is 252 g/mol. The molecule has 0 bridgehead atoms. The van der Waals surface area contributed by atoms with Crippen LogP contribution in [0.3, 0.4) is 0 Å². The first-order chi connectivity index (χ1) is 8.21. The van der Waals surface area contributed by atoms with E-state index in [1.54, 1.807) is 0 Å². The summed E-state index contributed by atoms with van der Waals surface area (Å²) in [4.78, 5) is 16.6. The highest BCUT2D eigenvalue weighted by Crippen LogP contribution is 2.34. The Morgan fingerprint density at radius 3 is 2.44 bits per heavy atom. The summed E-state index contributed by atoms with van der Waals surface area (Å²) in [5.41, 5.74) is -1.94. The summed E-state index contributed by atoms with van der Waals surface area (Å²) in [5.74, 6) is -1.65. The summed E-state index contributed by atoms with van der Waals surface area (Å²) in [6.07, 6.45) is -4.86. The third-order valence-corrected chi connectivity index (χ3v) is 2.65. The number of halogens is 4. The Morgan fingerprint density at radius 1 is 1.28 bits per heavy atom. The van der Waals surface area contributed by atoms with Crippen LogP contribution in [0.15, 0.2) is 10.9 Å². The SMILES string of the molecule is Cc1c2cc(C)c(=O)nc-2[nH]c(C(F)(F)F)c1F. The van der Waals surface area contributed by atoms with Crippen molar-refractivity contribution in [2.45, 2.75) is 20.0 Å². The number of alkyl halides is 3. The number of pyridine rings is 2. The lowest BCUT2D eigenvalue weighted by Gasteiger charge is -2.15. The Morgan fingerprint density at radius 2 is 1.89 bits per heavy atom. The molecule has 0 spiro atoms. The Labute approximate surface area is 98.8 Å². The molecule has 2 aliphatic heterocycles. The molecule has 7 heteroatoms. The minimum Gasteiger partial charge on any atom is -0.333 e. The molecule has 18 heavy (non-hydrogen) atoms. The number of rotatable bonds is 0. The van der Waals surface area contributed by atoms with Crippen LogP contribution >= 0.6 is 0 Å². The standard InChI is InChI=1S/C11H8F4N2O/c1-4-3-6-5(2)7(12)8(11(13,14)15)16-9(6)17-10(4)18/h3H,1-2H3,(H,16,17,18). The van der Waals surface area contributed by atoms with Gasteiger partial charge in [0.05, 0.1) is 0 Å². The molecular formula is C11H8F4N2O. The molecule has 0 radical (unpaired) electrons. The van der Waals surface area contributed by atoms with Crippen LogP contribution in [0.2, 0.25) is 0 Å². The molecule has 0 aromatic heterocycles. The Kier molecular flexibility index (Phi) is 2.64. The van der Waals surface area contributed by atoms with E-state index in [0.29, 0.717) is 0 Å². The van der Waals surface area contributed by atoms with Gasteiger partial charge < -0.3 is 4.98 Å². The first kappa shape index (κ1) is 12.5. The van der Waals surface area contributed by atoms with E-state index in [2.05, 4.69) is 4.98 Å². The van der Waals surface area contributed by atoms with Gasteiger partial charge in [-0.15, -0.1) is 0 Å². The molecule has 2 aliphatic rings. The van der Waals surface area contributed by atoms with E-state index in [-0.39, 0.29) is 22.5 Å². The van der Waals surface area contributed by atoms with Crippen LogP contribution in [0.5, 0.6) is 0 Å². The number of hydrogen-bond donors (Lipinski definition) is 1. The summed E-state index contributed by atoms with van der Waals surface area (Å²) in [7, 11) is 0. The van der Waals surface area contributed by atoms with Crippen LogP contribution in [-0.2, 0) is 6.18 Å². The molecule has 0 amide bonds. The van der Waals surface area contributed by atoms with Crippen LogP contribution in [0.4, 0.5) is 17.6 Å². The molecule has 2 rings (SSSR count). The van der Waals surface area contributed by atoms with E-state index in [4.69, 9.17) is 0 Å². The highest BCUT2D eigenvalue weighted by molar-refractivity contribution is 5.62. The lowest BCUT2D eigenvalue weighted by Crippen LogP contribution is -2.18. The van der Waals surface area contributed by atoms with Crippen LogP contribution in [0.25, 0.3) is 11.4 Å². The third-order valence-electron chi connectivity index (χ3n) is 2.65. The highest BCUT2D eigenvalue weighted by Gasteiger charge is 2.37. The van der Waals surface area contributed by atoms with Crippen molar-refractivity contribution in [3.05, 3.63) is 39.1 Å². The van der Waals surface area contributed by atoms with Crippen LogP contribution in [0, 0.1) is 19.7 Å². The summed E-state index contributed by atoms with van der Waals surface area (Å²) in [6.45, 7) is 2.68. The van der Waals surface area contributed by atoms with Gasteiger partial charge in [-0.25, -0.2) is 4.39 Å². The Hall–Kier alpha value is -1.92. The van der Waals surface area contributed by atoms with Crippen molar-refractivity contribution in [3.8, 4) is 11.4 Å². The van der Waals surface area contributed by atoms with Gasteiger partial charge in [0, 0.05) is 11.1 Å². The van der Waals surface area contributed by atoms with Crippen molar-refractivity contribution in [1.82, 2.24) is 9.97 Å². The molecule has 96 valence electrons. The van der Waals surface area contributed by atoms with Crippen molar-refractivity contribution >= 4 is 0 Å². The van der Waals surface area contributed by atoms with Gasteiger partial charge in [-0.3, -0.25) is 4.79 Å². The van der Waals surface area contributed by atoms with E-state index >= 15 is 0 Å². The second-order valence-corrected chi connectivity index (χ2v) is 3.94. The van der Waals surface area contributed by atoms with Gasteiger partial charge in [-0.05, 0) is 25.5 Å². The van der Waals surface area contributed by atoms with Crippen molar-refractivity contribution < 1.29 is 17.6 Å². The second kappa shape index (κ2) is 3.79. The van der Waals surface area contributed by atoms with Crippen LogP contribution in [0.1, 0.15) is 16.8 Å². The zero-order valence-electron chi connectivity index (χ0n) is 9.44. The normalized spacial score (nSPS) is 12.1. The maximum absolute atomic E-state index is 13.6.